The van der Waals surface area contributed by atoms with Crippen molar-refractivity contribution in [3.05, 3.63) is 51.5 Å². The number of rotatable bonds is 4. The number of hydrogen-bond acceptors (Lipinski definition) is 5. The number of nitrogens with zero attached hydrogens (tertiary/aromatic N) is 2. The van der Waals surface area contributed by atoms with Crippen LogP contribution in [-0.4, -0.2) is 37.4 Å². The molecule has 0 spiro atoms. The highest BCUT2D eigenvalue weighted by Crippen LogP contribution is 2.53. The van der Waals surface area contributed by atoms with Crippen molar-refractivity contribution in [3.8, 4) is 0 Å². The maximum absolute atomic E-state index is 12.8. The van der Waals surface area contributed by atoms with E-state index in [0.29, 0.717) is 46.0 Å². The Kier molecular flexibility index (Phi) is 6.52. The second-order valence-corrected chi connectivity index (χ2v) is 11.7. The van der Waals surface area contributed by atoms with E-state index in [-0.39, 0.29) is 11.8 Å². The summed E-state index contributed by atoms with van der Waals surface area (Å²) in [5.41, 5.74) is 3.20. The highest BCUT2D eigenvalue weighted by molar-refractivity contribution is 8.22. The molecule has 0 radical (unpaired) electrons. The van der Waals surface area contributed by atoms with Gasteiger partial charge in [0.05, 0.1) is 20.3 Å². The zero-order chi connectivity index (χ0) is 22.3. The van der Waals surface area contributed by atoms with E-state index in [9.17, 15) is 9.35 Å². The number of fused-ring (bicyclic) bond motifs is 1. The minimum absolute atomic E-state index is 0.0638. The Labute approximate surface area is 196 Å². The van der Waals surface area contributed by atoms with E-state index in [0.717, 1.165) is 21.3 Å². The topological polar surface area (TPSA) is 88.4 Å². The molecule has 0 aliphatic carbocycles. The van der Waals surface area contributed by atoms with E-state index in [2.05, 4.69) is 16.4 Å². The fraction of sp³-hybridized carbons (Fsp3) is 0.333. The molecule has 1 saturated heterocycles. The third kappa shape index (κ3) is 4.71. The van der Waals surface area contributed by atoms with Crippen LogP contribution in [0.1, 0.15) is 24.0 Å². The van der Waals surface area contributed by atoms with Crippen LogP contribution in [0.3, 0.4) is 0 Å². The molecule has 31 heavy (non-hydrogen) atoms. The van der Waals surface area contributed by atoms with E-state index in [1.54, 1.807) is 22.5 Å². The van der Waals surface area contributed by atoms with Crippen molar-refractivity contribution in [2.24, 2.45) is 5.92 Å². The number of amides is 1. The molecule has 1 aliphatic rings. The largest absolute Gasteiger partial charge is 0.310 e. The van der Waals surface area contributed by atoms with Crippen molar-refractivity contribution in [1.82, 2.24) is 9.29 Å². The second kappa shape index (κ2) is 8.86. The van der Waals surface area contributed by atoms with Gasteiger partial charge in [0.15, 0.2) is 5.13 Å². The maximum Gasteiger partial charge on any atom is 0.229 e. The van der Waals surface area contributed by atoms with Crippen molar-refractivity contribution in [1.29, 1.82) is 0 Å². The van der Waals surface area contributed by atoms with Crippen LogP contribution in [0.25, 0.3) is 10.2 Å². The van der Waals surface area contributed by atoms with Gasteiger partial charge in [0.25, 0.3) is 0 Å². The Morgan fingerprint density at radius 1 is 1.23 bits per heavy atom. The van der Waals surface area contributed by atoms with Crippen LogP contribution < -0.4 is 5.32 Å². The summed E-state index contributed by atoms with van der Waals surface area (Å²) in [4.78, 5) is 17.8. The zero-order valence-electron chi connectivity index (χ0n) is 17.1. The molecule has 1 atom stereocenters. The third-order valence-electron chi connectivity index (χ3n) is 5.47. The van der Waals surface area contributed by atoms with Crippen LogP contribution >= 0.6 is 45.3 Å². The Hall–Kier alpha value is -1.39. The van der Waals surface area contributed by atoms with Gasteiger partial charge in [0.1, 0.15) is 4.90 Å². The number of aryl methyl sites for hydroxylation is 2. The van der Waals surface area contributed by atoms with Gasteiger partial charge >= 0.3 is 0 Å². The first-order valence-corrected chi connectivity index (χ1v) is 13.0. The van der Waals surface area contributed by atoms with Crippen molar-refractivity contribution < 1.29 is 13.9 Å². The summed E-state index contributed by atoms with van der Waals surface area (Å²) in [6, 6.07) is 8.90. The van der Waals surface area contributed by atoms with Crippen molar-refractivity contribution >= 4 is 66.6 Å². The first-order valence-electron chi connectivity index (χ1n) is 9.84. The molecule has 0 saturated carbocycles. The third-order valence-corrected chi connectivity index (χ3v) is 9.35. The van der Waals surface area contributed by atoms with Gasteiger partial charge in [-0.1, -0.05) is 40.6 Å². The molecule has 3 aromatic rings. The minimum atomic E-state index is -2.94. The van der Waals surface area contributed by atoms with Crippen LogP contribution in [0.5, 0.6) is 0 Å². The van der Waals surface area contributed by atoms with Gasteiger partial charge in [-0.2, -0.15) is 4.31 Å². The van der Waals surface area contributed by atoms with Gasteiger partial charge in [0, 0.05) is 19.0 Å². The number of carbonyl (C=O) groups excluding carboxylic acids is 1. The van der Waals surface area contributed by atoms with Crippen LogP contribution in [-0.2, 0) is 4.79 Å². The summed E-state index contributed by atoms with van der Waals surface area (Å²) in [5.74, 6) is -0.249. The van der Waals surface area contributed by atoms with Crippen molar-refractivity contribution in [3.63, 3.8) is 0 Å². The molecule has 166 valence electrons. The second-order valence-electron chi connectivity index (χ2n) is 7.77. The number of carbonyl (C=O) groups is 1. The molecule has 1 unspecified atom stereocenters. The van der Waals surface area contributed by atoms with E-state index >= 15 is 0 Å². The Morgan fingerprint density at radius 3 is 2.61 bits per heavy atom. The molecule has 4 rings (SSSR count). The molecule has 4 N–H and O–H groups in total. The molecule has 1 aliphatic heterocycles. The number of nitrogens with one attached hydrogen (secondary N) is 1. The fourth-order valence-corrected chi connectivity index (χ4v) is 6.68. The lowest BCUT2D eigenvalue weighted by Gasteiger charge is -2.42. The number of aromatic nitrogens is 1. The lowest BCUT2D eigenvalue weighted by atomic mass is 9.97. The normalized spacial score (nSPS) is 18.6. The number of halogens is 2. The van der Waals surface area contributed by atoms with Crippen LogP contribution in [0.4, 0.5) is 5.13 Å². The molecule has 1 fully saturated rings. The molecule has 6 nitrogen and oxygen atoms in total. The molecule has 2 aromatic carbocycles. The van der Waals surface area contributed by atoms with Gasteiger partial charge < -0.3 is 9.87 Å². The minimum Gasteiger partial charge on any atom is -0.310 e. The van der Waals surface area contributed by atoms with E-state index in [4.69, 9.17) is 27.8 Å². The van der Waals surface area contributed by atoms with Crippen LogP contribution in [0, 0.1) is 19.8 Å². The summed E-state index contributed by atoms with van der Waals surface area (Å²) < 4.78 is 22.2. The fourth-order valence-electron chi connectivity index (χ4n) is 3.82. The molecule has 1 aromatic heterocycles. The van der Waals surface area contributed by atoms with Gasteiger partial charge in [-0.3, -0.25) is 4.79 Å². The highest BCUT2D eigenvalue weighted by Gasteiger charge is 2.35. The predicted octanol–water partition coefficient (Wildman–Crippen LogP) is 5.76. The van der Waals surface area contributed by atoms with Crippen LogP contribution in [0.15, 0.2) is 35.2 Å². The van der Waals surface area contributed by atoms with Gasteiger partial charge in [-0.15, -0.1) is 0 Å². The Balaban J connectivity index is 1.40. The quantitative estimate of drug-likeness (QED) is 0.445. The summed E-state index contributed by atoms with van der Waals surface area (Å²) >= 11 is 13.5. The molecule has 1 amide bonds. The standard InChI is InChI=1S/C21H23Cl2N3O3S2/c1-12-9-13(2)19-18(10-12)24-21(30-19)25-20(27)14-5-7-26(8-6-14)31(28,29)15-3-4-16(22)17(23)11-15/h3-4,9-11,14,28-29H,5-8H2,1-2H3,(H,24,25,27)/p+1. The average Bonchev–Trinajstić information content (AvgIpc) is 3.12. The molecular weight excluding hydrogens is 477 g/mol. The first-order chi connectivity index (χ1) is 14.6. The number of thiazole rings is 1. The lowest BCUT2D eigenvalue weighted by molar-refractivity contribution is -0.120. The molecule has 2 heterocycles. The number of piperidine rings is 1. The van der Waals surface area contributed by atoms with E-state index < -0.39 is 10.8 Å². The maximum atomic E-state index is 12.8. The van der Waals surface area contributed by atoms with Crippen LogP contribution in [0.2, 0.25) is 10.0 Å². The van der Waals surface area contributed by atoms with Gasteiger partial charge in [-0.05, 0) is 72.9 Å². The van der Waals surface area contributed by atoms with E-state index in [1.807, 2.05) is 19.9 Å². The van der Waals surface area contributed by atoms with Gasteiger partial charge in [-0.25, -0.2) is 9.54 Å². The monoisotopic (exact) mass is 500 g/mol. The Morgan fingerprint density at radius 2 is 1.94 bits per heavy atom. The zero-order valence-corrected chi connectivity index (χ0v) is 20.3. The number of anilines is 1. The smallest absolute Gasteiger partial charge is 0.229 e. The summed E-state index contributed by atoms with van der Waals surface area (Å²) in [6.07, 6.45) is 1.12. The summed E-state index contributed by atoms with van der Waals surface area (Å²) in [5, 5.41) is 4.27. The number of hydrogen-bond donors (Lipinski definition) is 2. The molecule has 0 bridgehead atoms. The molecule has 10 heteroatoms. The van der Waals surface area contributed by atoms with Gasteiger partial charge in [0.2, 0.25) is 5.91 Å². The van der Waals surface area contributed by atoms with E-state index in [1.165, 1.54) is 11.3 Å². The summed E-state index contributed by atoms with van der Waals surface area (Å²) in [7, 11) is -2.94. The SMILES string of the molecule is Cc1cc(C)c2sc(NC(=O)C3CCN(S(O)([OH2+])c4ccc(Cl)c(Cl)c4)CC3)nc2c1. The molecular formula is C21H24Cl2N3O3S2+. The first kappa shape index (κ1) is 22.8. The number of benzene rings is 2. The van der Waals surface area contributed by atoms with Crippen molar-refractivity contribution in [2.75, 3.05) is 18.4 Å². The predicted molar refractivity (Wildman–Crippen MR) is 131 cm³/mol. The van der Waals surface area contributed by atoms with Crippen molar-refractivity contribution in [2.45, 2.75) is 31.6 Å². The summed E-state index contributed by atoms with van der Waals surface area (Å²) in [6.45, 7) is 4.98. The Bertz CT molecular complexity index is 1140. The average molecular weight is 501 g/mol. The lowest BCUT2D eigenvalue weighted by Crippen LogP contribution is -2.39. The highest BCUT2D eigenvalue weighted by atomic mass is 35.5.